The van der Waals surface area contributed by atoms with E-state index in [1.54, 1.807) is 0 Å². The second kappa shape index (κ2) is 6.16. The summed E-state index contributed by atoms with van der Waals surface area (Å²) in [7, 11) is 2.21. The summed E-state index contributed by atoms with van der Waals surface area (Å²) in [5.74, 6) is 0.748. The number of rotatable bonds is 3. The van der Waals surface area contributed by atoms with Gasteiger partial charge < -0.3 is 10.2 Å². The molecule has 0 radical (unpaired) electrons. The molecule has 1 aliphatic rings. The number of hydrogen-bond donors (Lipinski definition) is 1. The second-order valence-corrected chi connectivity index (χ2v) is 6.39. The Labute approximate surface area is 118 Å². The summed E-state index contributed by atoms with van der Waals surface area (Å²) in [5.41, 5.74) is 1.39. The van der Waals surface area contributed by atoms with Crippen LogP contribution in [0.25, 0.3) is 0 Å². The van der Waals surface area contributed by atoms with Gasteiger partial charge in [-0.25, -0.2) is 0 Å². The molecule has 0 aliphatic carbocycles. The van der Waals surface area contributed by atoms with Crippen LogP contribution in [0.1, 0.15) is 18.9 Å². The smallest absolute Gasteiger partial charge is 0.0208 e. The number of piperidine rings is 1. The zero-order valence-corrected chi connectivity index (χ0v) is 12.8. The molecule has 1 heterocycles. The lowest BCUT2D eigenvalue weighted by Crippen LogP contribution is -2.46. The van der Waals surface area contributed by atoms with Crippen molar-refractivity contribution in [1.29, 1.82) is 0 Å². The van der Waals surface area contributed by atoms with Crippen molar-refractivity contribution in [2.24, 2.45) is 5.92 Å². The Morgan fingerprint density at radius 3 is 2.71 bits per heavy atom. The third-order valence-corrected chi connectivity index (χ3v) is 4.31. The highest BCUT2D eigenvalue weighted by molar-refractivity contribution is 14.1. The predicted octanol–water partition coefficient (Wildman–Crippen LogP) is 2.72. The minimum absolute atomic E-state index is 0.672. The van der Waals surface area contributed by atoms with Crippen molar-refractivity contribution in [2.75, 3.05) is 20.1 Å². The van der Waals surface area contributed by atoms with Gasteiger partial charge >= 0.3 is 0 Å². The molecule has 2 unspecified atom stereocenters. The molecule has 1 aromatic carbocycles. The van der Waals surface area contributed by atoms with Crippen molar-refractivity contribution in [3.8, 4) is 0 Å². The van der Waals surface area contributed by atoms with Gasteiger partial charge in [-0.3, -0.25) is 0 Å². The molecular formula is C14H21IN2. The van der Waals surface area contributed by atoms with E-state index in [9.17, 15) is 0 Å². The minimum Gasteiger partial charge on any atom is -0.310 e. The molecular weight excluding hydrogens is 323 g/mol. The Bertz CT molecular complexity index is 350. The molecule has 1 fully saturated rings. The maximum Gasteiger partial charge on any atom is 0.0208 e. The predicted molar refractivity (Wildman–Crippen MR) is 81.1 cm³/mol. The highest BCUT2D eigenvalue weighted by Crippen LogP contribution is 2.16. The Kier molecular flexibility index (Phi) is 4.82. The third kappa shape index (κ3) is 3.93. The van der Waals surface area contributed by atoms with Crippen LogP contribution in [0.15, 0.2) is 24.3 Å². The summed E-state index contributed by atoms with van der Waals surface area (Å²) in [4.78, 5) is 2.42. The number of hydrogen-bond acceptors (Lipinski definition) is 2. The molecule has 0 spiro atoms. The van der Waals surface area contributed by atoms with Crippen molar-refractivity contribution in [2.45, 2.75) is 25.9 Å². The number of likely N-dealkylation sites (tertiary alicyclic amines) is 1. The third-order valence-electron chi connectivity index (χ3n) is 3.59. The van der Waals surface area contributed by atoms with Gasteiger partial charge in [0.2, 0.25) is 0 Å². The van der Waals surface area contributed by atoms with Gasteiger partial charge in [-0.1, -0.05) is 19.1 Å². The van der Waals surface area contributed by atoms with E-state index in [-0.39, 0.29) is 0 Å². The summed E-state index contributed by atoms with van der Waals surface area (Å²) in [6.45, 7) is 5.77. The summed E-state index contributed by atoms with van der Waals surface area (Å²) in [6, 6.07) is 9.46. The van der Waals surface area contributed by atoms with Crippen LogP contribution >= 0.6 is 22.6 Å². The van der Waals surface area contributed by atoms with E-state index >= 15 is 0 Å². The summed E-state index contributed by atoms with van der Waals surface area (Å²) in [5, 5.41) is 3.70. The molecule has 1 saturated heterocycles. The zero-order chi connectivity index (χ0) is 12.3. The number of benzene rings is 1. The van der Waals surface area contributed by atoms with E-state index in [1.807, 2.05) is 0 Å². The standard InChI is InChI=1S/C14H21IN2/c1-11-10-17(2)8-7-14(11)16-9-12-3-5-13(15)6-4-12/h3-6,11,14,16H,7-10H2,1-2H3. The van der Waals surface area contributed by atoms with Gasteiger partial charge in [0.05, 0.1) is 0 Å². The first kappa shape index (κ1) is 13.3. The quantitative estimate of drug-likeness (QED) is 0.849. The number of nitrogens with one attached hydrogen (secondary N) is 1. The molecule has 1 aliphatic heterocycles. The first-order chi connectivity index (χ1) is 8.15. The maximum atomic E-state index is 3.70. The molecule has 2 rings (SSSR count). The zero-order valence-electron chi connectivity index (χ0n) is 10.6. The molecule has 0 bridgehead atoms. The molecule has 1 N–H and O–H groups in total. The van der Waals surface area contributed by atoms with E-state index in [0.29, 0.717) is 6.04 Å². The highest BCUT2D eigenvalue weighted by atomic mass is 127. The number of nitrogens with zero attached hydrogens (tertiary/aromatic N) is 1. The van der Waals surface area contributed by atoms with Crippen LogP contribution in [-0.2, 0) is 6.54 Å². The van der Waals surface area contributed by atoms with Crippen LogP contribution < -0.4 is 5.32 Å². The largest absolute Gasteiger partial charge is 0.310 e. The van der Waals surface area contributed by atoms with Gasteiger partial charge in [-0.2, -0.15) is 0 Å². The molecule has 0 amide bonds. The van der Waals surface area contributed by atoms with Crippen molar-refractivity contribution < 1.29 is 0 Å². The Balaban J connectivity index is 1.83. The van der Waals surface area contributed by atoms with Gasteiger partial charge in [-0.15, -0.1) is 0 Å². The van der Waals surface area contributed by atoms with E-state index in [2.05, 4.69) is 71.0 Å². The monoisotopic (exact) mass is 344 g/mol. The lowest BCUT2D eigenvalue weighted by Gasteiger charge is -2.35. The molecule has 3 heteroatoms. The summed E-state index contributed by atoms with van der Waals surface area (Å²) >= 11 is 2.35. The average molecular weight is 344 g/mol. The van der Waals surface area contributed by atoms with Crippen LogP contribution in [0.2, 0.25) is 0 Å². The average Bonchev–Trinajstić information content (AvgIpc) is 2.30. The van der Waals surface area contributed by atoms with Gasteiger partial charge in [0, 0.05) is 22.7 Å². The number of halogens is 1. The van der Waals surface area contributed by atoms with Crippen LogP contribution in [0, 0.1) is 9.49 Å². The maximum absolute atomic E-state index is 3.70. The van der Waals surface area contributed by atoms with Crippen molar-refractivity contribution in [3.05, 3.63) is 33.4 Å². The first-order valence-corrected chi connectivity index (χ1v) is 7.39. The Morgan fingerprint density at radius 1 is 1.35 bits per heavy atom. The summed E-state index contributed by atoms with van der Waals surface area (Å²) in [6.07, 6.45) is 1.27. The van der Waals surface area contributed by atoms with Gasteiger partial charge in [0.25, 0.3) is 0 Å². The highest BCUT2D eigenvalue weighted by Gasteiger charge is 2.23. The van der Waals surface area contributed by atoms with Crippen LogP contribution in [0.5, 0.6) is 0 Å². The van der Waals surface area contributed by atoms with E-state index in [1.165, 1.54) is 28.6 Å². The fourth-order valence-corrected chi connectivity index (χ4v) is 2.87. The van der Waals surface area contributed by atoms with Gasteiger partial charge in [0.15, 0.2) is 0 Å². The molecule has 17 heavy (non-hydrogen) atoms. The molecule has 1 aromatic rings. The molecule has 2 atom stereocenters. The van der Waals surface area contributed by atoms with Crippen molar-refractivity contribution >= 4 is 22.6 Å². The van der Waals surface area contributed by atoms with Crippen molar-refractivity contribution in [1.82, 2.24) is 10.2 Å². The van der Waals surface area contributed by atoms with E-state index < -0.39 is 0 Å². The first-order valence-electron chi connectivity index (χ1n) is 6.31. The molecule has 0 aromatic heterocycles. The van der Waals surface area contributed by atoms with Gasteiger partial charge in [0.1, 0.15) is 0 Å². The van der Waals surface area contributed by atoms with Crippen molar-refractivity contribution in [3.63, 3.8) is 0 Å². The fourth-order valence-electron chi connectivity index (χ4n) is 2.51. The Morgan fingerprint density at radius 2 is 2.06 bits per heavy atom. The SMILES string of the molecule is CC1CN(C)CCC1NCc1ccc(I)cc1. The lowest BCUT2D eigenvalue weighted by atomic mass is 9.94. The molecule has 94 valence electrons. The van der Waals surface area contributed by atoms with E-state index in [0.717, 1.165) is 12.5 Å². The molecule has 2 nitrogen and oxygen atoms in total. The molecule has 0 saturated carbocycles. The fraction of sp³-hybridized carbons (Fsp3) is 0.571. The topological polar surface area (TPSA) is 15.3 Å². The van der Waals surface area contributed by atoms with Crippen LogP contribution in [0.4, 0.5) is 0 Å². The normalized spacial score (nSPS) is 26.1. The summed E-state index contributed by atoms with van der Waals surface area (Å²) < 4.78 is 1.30. The van der Waals surface area contributed by atoms with Crippen LogP contribution in [-0.4, -0.2) is 31.1 Å². The van der Waals surface area contributed by atoms with Crippen LogP contribution in [0.3, 0.4) is 0 Å². The Hall–Kier alpha value is -0.130. The minimum atomic E-state index is 0.672. The second-order valence-electron chi connectivity index (χ2n) is 5.14. The van der Waals surface area contributed by atoms with E-state index in [4.69, 9.17) is 0 Å². The van der Waals surface area contributed by atoms with Gasteiger partial charge in [-0.05, 0) is 66.2 Å². The lowest BCUT2D eigenvalue weighted by molar-refractivity contribution is 0.174.